The maximum Gasteiger partial charge on any atom is 0.202 e. The molecule has 2 rings (SSSR count). The Balaban J connectivity index is 2.26. The molecule has 0 radical (unpaired) electrons. The minimum Gasteiger partial charge on any atom is -0.369 e. The molecule has 0 fully saturated rings. The molecular weight excluding hydrogens is 250 g/mol. The Bertz CT molecular complexity index is 577. The molecule has 5 nitrogen and oxygen atoms in total. The molecule has 110 valence electrons. The van der Waals surface area contributed by atoms with Crippen molar-refractivity contribution in [3.63, 3.8) is 0 Å². The molecule has 0 atom stereocenters. The van der Waals surface area contributed by atoms with E-state index in [-0.39, 0.29) is 0 Å². The third-order valence-electron chi connectivity index (χ3n) is 3.77. The summed E-state index contributed by atoms with van der Waals surface area (Å²) >= 11 is 0. The number of nitrogens with two attached hydrogens (primary N) is 1. The number of imidazole rings is 1. The zero-order chi connectivity index (χ0) is 14.9. The highest BCUT2D eigenvalue weighted by Gasteiger charge is 2.16. The normalized spacial score (nSPS) is 12.2. The number of nitrogen functional groups attached to an aromatic ring is 1. The summed E-state index contributed by atoms with van der Waals surface area (Å²) in [6.45, 7) is 12.7. The number of aryl methyl sites for hydroxylation is 1. The van der Waals surface area contributed by atoms with E-state index >= 15 is 0 Å². The fraction of sp³-hybridized carbons (Fsp3) is 0.600. The van der Waals surface area contributed by atoms with Crippen LogP contribution >= 0.6 is 0 Å². The molecule has 0 saturated heterocycles. The largest absolute Gasteiger partial charge is 0.369 e. The summed E-state index contributed by atoms with van der Waals surface area (Å²) in [6, 6.07) is 3.00. The third kappa shape index (κ3) is 2.77. The van der Waals surface area contributed by atoms with Gasteiger partial charge >= 0.3 is 0 Å². The lowest BCUT2D eigenvalue weighted by Gasteiger charge is -2.30. The lowest BCUT2D eigenvalue weighted by molar-refractivity contribution is 0.169. The van der Waals surface area contributed by atoms with E-state index in [0.29, 0.717) is 18.0 Å². The van der Waals surface area contributed by atoms with Crippen molar-refractivity contribution in [2.24, 2.45) is 0 Å². The second-order valence-corrected chi connectivity index (χ2v) is 5.85. The summed E-state index contributed by atoms with van der Waals surface area (Å²) in [5.41, 5.74) is 8.96. The Labute approximate surface area is 120 Å². The summed E-state index contributed by atoms with van der Waals surface area (Å²) in [5.74, 6) is 0.550. The molecule has 0 aliphatic heterocycles. The summed E-state index contributed by atoms with van der Waals surface area (Å²) in [4.78, 5) is 11.3. The number of rotatable bonds is 5. The number of nitrogens with zero attached hydrogens (tertiary/aromatic N) is 4. The number of fused-ring (bicyclic) bond motifs is 1. The van der Waals surface area contributed by atoms with Crippen LogP contribution in [0.5, 0.6) is 0 Å². The van der Waals surface area contributed by atoms with Gasteiger partial charge in [-0.1, -0.05) is 0 Å². The van der Waals surface area contributed by atoms with Crippen LogP contribution in [-0.2, 0) is 6.54 Å². The summed E-state index contributed by atoms with van der Waals surface area (Å²) < 4.78 is 2.01. The fourth-order valence-corrected chi connectivity index (χ4v) is 2.70. The molecule has 2 heterocycles. The van der Waals surface area contributed by atoms with E-state index < -0.39 is 0 Å². The number of hydrogen-bond acceptors (Lipinski definition) is 4. The van der Waals surface area contributed by atoms with Crippen LogP contribution in [0.15, 0.2) is 12.3 Å². The van der Waals surface area contributed by atoms with Gasteiger partial charge in [-0.2, -0.15) is 0 Å². The third-order valence-corrected chi connectivity index (χ3v) is 3.77. The highest BCUT2D eigenvalue weighted by Crippen LogP contribution is 2.19. The van der Waals surface area contributed by atoms with Crippen LogP contribution in [0.4, 0.5) is 5.95 Å². The van der Waals surface area contributed by atoms with Crippen molar-refractivity contribution in [1.29, 1.82) is 0 Å². The summed E-state index contributed by atoms with van der Waals surface area (Å²) in [5, 5.41) is 0. The molecule has 0 unspecified atom stereocenters. The van der Waals surface area contributed by atoms with Gasteiger partial charge in [-0.15, -0.1) is 0 Å². The lowest BCUT2D eigenvalue weighted by Crippen LogP contribution is -2.39. The van der Waals surface area contributed by atoms with Crippen molar-refractivity contribution < 1.29 is 0 Å². The van der Waals surface area contributed by atoms with E-state index in [4.69, 9.17) is 5.73 Å². The second kappa shape index (κ2) is 5.79. The highest BCUT2D eigenvalue weighted by molar-refractivity contribution is 5.77. The van der Waals surface area contributed by atoms with E-state index in [9.17, 15) is 0 Å². The van der Waals surface area contributed by atoms with Gasteiger partial charge in [0.2, 0.25) is 5.95 Å². The standard InChI is InChI=1S/C15H25N5/c1-10(2)19(11(3)4)8-9-20-14-13(18-15(20)16)12(5)6-7-17-14/h6-7,10-11H,8-9H2,1-5H3,(H2,16,18). The maximum absolute atomic E-state index is 6.05. The van der Waals surface area contributed by atoms with Crippen molar-refractivity contribution in [1.82, 2.24) is 19.4 Å². The molecule has 2 N–H and O–H groups in total. The number of pyridine rings is 1. The van der Waals surface area contributed by atoms with Crippen LogP contribution < -0.4 is 5.73 Å². The van der Waals surface area contributed by atoms with E-state index in [2.05, 4.69) is 42.6 Å². The van der Waals surface area contributed by atoms with Gasteiger partial charge < -0.3 is 5.73 Å². The van der Waals surface area contributed by atoms with E-state index in [1.165, 1.54) is 0 Å². The van der Waals surface area contributed by atoms with Gasteiger partial charge in [0.1, 0.15) is 5.52 Å². The van der Waals surface area contributed by atoms with Gasteiger partial charge in [0.15, 0.2) is 5.65 Å². The van der Waals surface area contributed by atoms with Crippen LogP contribution in [0.3, 0.4) is 0 Å². The molecule has 0 aliphatic carbocycles. The van der Waals surface area contributed by atoms with Crippen LogP contribution in [-0.4, -0.2) is 38.1 Å². The predicted octanol–water partition coefficient (Wildman–Crippen LogP) is 2.44. The SMILES string of the molecule is Cc1ccnc2c1nc(N)n2CCN(C(C)C)C(C)C. The molecule has 2 aromatic rings. The first-order valence-corrected chi connectivity index (χ1v) is 7.25. The maximum atomic E-state index is 6.05. The van der Waals surface area contributed by atoms with Crippen LogP contribution in [0.25, 0.3) is 11.2 Å². The Kier molecular flexibility index (Phi) is 4.28. The molecular formula is C15H25N5. The molecule has 0 aliphatic rings. The first-order chi connectivity index (χ1) is 9.41. The Morgan fingerprint density at radius 1 is 1.25 bits per heavy atom. The average Bonchev–Trinajstić information content (AvgIpc) is 2.67. The number of anilines is 1. The lowest BCUT2D eigenvalue weighted by atomic mass is 10.2. The predicted molar refractivity (Wildman–Crippen MR) is 83.7 cm³/mol. The quantitative estimate of drug-likeness (QED) is 0.910. The van der Waals surface area contributed by atoms with E-state index in [1.54, 1.807) is 0 Å². The Hall–Kier alpha value is -1.62. The van der Waals surface area contributed by atoms with Crippen molar-refractivity contribution in [2.75, 3.05) is 12.3 Å². The van der Waals surface area contributed by atoms with Crippen LogP contribution in [0.1, 0.15) is 33.3 Å². The summed E-state index contributed by atoms with van der Waals surface area (Å²) in [6.07, 6.45) is 1.82. The first kappa shape index (κ1) is 14.8. The molecule has 0 spiro atoms. The van der Waals surface area contributed by atoms with E-state index in [0.717, 1.165) is 29.8 Å². The minimum absolute atomic E-state index is 0.515. The second-order valence-electron chi connectivity index (χ2n) is 5.85. The smallest absolute Gasteiger partial charge is 0.202 e. The molecule has 0 amide bonds. The van der Waals surface area contributed by atoms with E-state index in [1.807, 2.05) is 23.8 Å². The zero-order valence-electron chi connectivity index (χ0n) is 13.1. The topological polar surface area (TPSA) is 60.0 Å². The van der Waals surface area contributed by atoms with Gasteiger partial charge in [-0.3, -0.25) is 9.47 Å². The molecule has 0 saturated carbocycles. The molecule has 5 heteroatoms. The van der Waals surface area contributed by atoms with Gasteiger partial charge in [0, 0.05) is 31.4 Å². The Morgan fingerprint density at radius 2 is 1.90 bits per heavy atom. The molecule has 2 aromatic heterocycles. The number of aromatic nitrogens is 3. The fourth-order valence-electron chi connectivity index (χ4n) is 2.70. The molecule has 0 aromatic carbocycles. The van der Waals surface area contributed by atoms with Crippen LogP contribution in [0, 0.1) is 6.92 Å². The number of hydrogen-bond donors (Lipinski definition) is 1. The average molecular weight is 275 g/mol. The minimum atomic E-state index is 0.515. The monoisotopic (exact) mass is 275 g/mol. The van der Waals surface area contributed by atoms with Crippen LogP contribution in [0.2, 0.25) is 0 Å². The van der Waals surface area contributed by atoms with Gasteiger partial charge in [0.25, 0.3) is 0 Å². The highest BCUT2D eigenvalue weighted by atomic mass is 15.2. The molecule has 20 heavy (non-hydrogen) atoms. The summed E-state index contributed by atoms with van der Waals surface area (Å²) in [7, 11) is 0. The van der Waals surface area contributed by atoms with Gasteiger partial charge in [-0.25, -0.2) is 9.97 Å². The van der Waals surface area contributed by atoms with Crippen molar-refractivity contribution in [2.45, 2.75) is 53.2 Å². The van der Waals surface area contributed by atoms with Crippen molar-refractivity contribution in [3.05, 3.63) is 17.8 Å². The van der Waals surface area contributed by atoms with Crippen molar-refractivity contribution >= 4 is 17.1 Å². The van der Waals surface area contributed by atoms with Gasteiger partial charge in [-0.05, 0) is 46.2 Å². The first-order valence-electron chi connectivity index (χ1n) is 7.25. The Morgan fingerprint density at radius 3 is 2.50 bits per heavy atom. The molecule has 0 bridgehead atoms. The van der Waals surface area contributed by atoms with Gasteiger partial charge in [0.05, 0.1) is 0 Å². The zero-order valence-corrected chi connectivity index (χ0v) is 13.1. The van der Waals surface area contributed by atoms with Crippen molar-refractivity contribution in [3.8, 4) is 0 Å².